The Kier molecular flexibility index (Phi) is 5.78. The summed E-state index contributed by atoms with van der Waals surface area (Å²) < 4.78 is 35.5. The summed E-state index contributed by atoms with van der Waals surface area (Å²) in [6, 6.07) is 14.6. The number of hydrogen-bond donors (Lipinski definition) is 2. The van der Waals surface area contributed by atoms with Crippen molar-refractivity contribution in [2.45, 2.75) is 24.7 Å². The molecule has 0 aliphatic carbocycles. The number of sulfonamides is 1. The number of unbranched alkanes of at least 4 members (excludes halogenated alkanes) is 1. The quantitative estimate of drug-likeness (QED) is 0.456. The maximum atomic E-state index is 12.3. The Morgan fingerprint density at radius 1 is 1.11 bits per heavy atom. The van der Waals surface area contributed by atoms with E-state index in [1.165, 1.54) is 12.1 Å². The molecule has 3 aromatic rings. The Labute approximate surface area is 157 Å². The van der Waals surface area contributed by atoms with Crippen molar-refractivity contribution in [1.82, 2.24) is 10.3 Å². The highest BCUT2D eigenvalue weighted by Gasteiger charge is 2.18. The molecule has 0 fully saturated rings. The minimum atomic E-state index is -3.91. The van der Waals surface area contributed by atoms with Crippen molar-refractivity contribution in [3.8, 4) is 5.75 Å². The molecule has 8 heteroatoms. The number of carbonyl (C=O) groups is 1. The average molecular weight is 388 g/mol. The first-order valence-corrected chi connectivity index (χ1v) is 10.0. The molecular formula is C19H20N2O5S. The van der Waals surface area contributed by atoms with Crippen LogP contribution in [0.4, 0.5) is 0 Å². The van der Waals surface area contributed by atoms with Crippen molar-refractivity contribution in [3.63, 3.8) is 0 Å². The number of carbonyl (C=O) groups excluding carboxylic acids is 1. The van der Waals surface area contributed by atoms with E-state index < -0.39 is 15.9 Å². The van der Waals surface area contributed by atoms with Crippen LogP contribution in [0.1, 0.15) is 30.3 Å². The summed E-state index contributed by atoms with van der Waals surface area (Å²) in [5, 5.41) is 0.754. The van der Waals surface area contributed by atoms with E-state index in [9.17, 15) is 13.2 Å². The Bertz CT molecular complexity index is 993. The lowest BCUT2D eigenvalue weighted by Crippen LogP contribution is -2.41. The zero-order valence-corrected chi connectivity index (χ0v) is 15.6. The number of para-hydroxylation sites is 1. The number of rotatable bonds is 8. The highest BCUT2D eigenvalue weighted by Crippen LogP contribution is 2.19. The monoisotopic (exact) mass is 388 g/mol. The summed E-state index contributed by atoms with van der Waals surface area (Å²) in [5.74, 6) is -0.0819. The van der Waals surface area contributed by atoms with Gasteiger partial charge in [-0.15, -0.1) is 4.83 Å². The number of hydrazine groups is 1. The zero-order valence-electron chi connectivity index (χ0n) is 14.8. The number of nitrogens with one attached hydrogen (secondary N) is 2. The van der Waals surface area contributed by atoms with Gasteiger partial charge in [-0.1, -0.05) is 31.5 Å². The van der Waals surface area contributed by atoms with Gasteiger partial charge in [0.05, 0.1) is 11.5 Å². The van der Waals surface area contributed by atoms with Crippen molar-refractivity contribution in [3.05, 3.63) is 60.4 Å². The number of ether oxygens (including phenoxy) is 1. The van der Waals surface area contributed by atoms with Crippen LogP contribution in [0.3, 0.4) is 0 Å². The Balaban J connectivity index is 1.62. The van der Waals surface area contributed by atoms with Crippen LogP contribution in [-0.4, -0.2) is 20.9 Å². The van der Waals surface area contributed by atoms with E-state index in [4.69, 9.17) is 9.15 Å². The second kappa shape index (κ2) is 8.24. The first-order valence-electron chi connectivity index (χ1n) is 8.53. The van der Waals surface area contributed by atoms with Gasteiger partial charge in [0.1, 0.15) is 11.3 Å². The lowest BCUT2D eigenvalue weighted by Gasteiger charge is -2.09. The van der Waals surface area contributed by atoms with Crippen LogP contribution < -0.4 is 15.0 Å². The maximum absolute atomic E-state index is 12.3. The van der Waals surface area contributed by atoms with Crippen LogP contribution >= 0.6 is 0 Å². The molecule has 0 bridgehead atoms. The van der Waals surface area contributed by atoms with Crippen LogP contribution in [0, 0.1) is 0 Å². The third-order valence-corrected chi connectivity index (χ3v) is 5.11. The predicted octanol–water partition coefficient (Wildman–Crippen LogP) is 3.24. The number of fused-ring (bicyclic) bond motifs is 1. The third kappa shape index (κ3) is 4.66. The third-order valence-electron chi connectivity index (χ3n) is 3.85. The van der Waals surface area contributed by atoms with E-state index in [0.717, 1.165) is 18.2 Å². The molecule has 0 aliphatic heterocycles. The first kappa shape index (κ1) is 18.9. The van der Waals surface area contributed by atoms with Gasteiger partial charge in [0.25, 0.3) is 10.0 Å². The fourth-order valence-corrected chi connectivity index (χ4v) is 3.22. The van der Waals surface area contributed by atoms with Gasteiger partial charge in [-0.2, -0.15) is 0 Å². The number of amides is 1. The Morgan fingerprint density at radius 2 is 1.85 bits per heavy atom. The van der Waals surface area contributed by atoms with Gasteiger partial charge in [-0.05, 0) is 42.8 Å². The van der Waals surface area contributed by atoms with Gasteiger partial charge >= 0.3 is 5.91 Å². The lowest BCUT2D eigenvalue weighted by molar-refractivity contribution is 0.0919. The normalized spacial score (nSPS) is 11.4. The fraction of sp³-hybridized carbons (Fsp3) is 0.211. The molecule has 0 radical (unpaired) electrons. The van der Waals surface area contributed by atoms with Crippen LogP contribution in [0.15, 0.2) is 63.9 Å². The summed E-state index contributed by atoms with van der Waals surface area (Å²) in [7, 11) is -3.91. The molecule has 1 heterocycles. The largest absolute Gasteiger partial charge is 0.494 e. The van der Waals surface area contributed by atoms with E-state index in [-0.39, 0.29) is 10.7 Å². The van der Waals surface area contributed by atoms with Gasteiger partial charge in [0, 0.05) is 5.39 Å². The SMILES string of the molecule is CCCCOc1ccc(S(=O)(=O)NNC(=O)c2cc3ccccc3o2)cc1. The number of benzene rings is 2. The van der Waals surface area contributed by atoms with Gasteiger partial charge in [-0.25, -0.2) is 8.42 Å². The van der Waals surface area contributed by atoms with Gasteiger partial charge in [0.15, 0.2) is 5.76 Å². The van der Waals surface area contributed by atoms with Crippen molar-refractivity contribution < 1.29 is 22.4 Å². The zero-order chi connectivity index (χ0) is 19.3. The molecule has 27 heavy (non-hydrogen) atoms. The molecule has 2 aromatic carbocycles. The summed E-state index contributed by atoms with van der Waals surface area (Å²) in [5.41, 5.74) is 2.70. The van der Waals surface area contributed by atoms with Crippen molar-refractivity contribution in [1.29, 1.82) is 0 Å². The van der Waals surface area contributed by atoms with Crippen molar-refractivity contribution in [2.75, 3.05) is 6.61 Å². The molecule has 0 spiro atoms. The summed E-state index contributed by atoms with van der Waals surface area (Å²) in [4.78, 5) is 14.2. The highest BCUT2D eigenvalue weighted by atomic mass is 32.2. The Hall–Kier alpha value is -2.84. The van der Waals surface area contributed by atoms with Crippen LogP contribution in [-0.2, 0) is 10.0 Å². The van der Waals surface area contributed by atoms with E-state index >= 15 is 0 Å². The van der Waals surface area contributed by atoms with Gasteiger partial charge in [-0.3, -0.25) is 10.2 Å². The molecule has 142 valence electrons. The van der Waals surface area contributed by atoms with E-state index in [1.807, 2.05) is 6.07 Å². The minimum absolute atomic E-state index is 0.00949. The molecule has 1 amide bonds. The summed E-state index contributed by atoms with van der Waals surface area (Å²) >= 11 is 0. The summed E-state index contributed by atoms with van der Waals surface area (Å²) in [6.45, 7) is 2.64. The molecule has 3 rings (SSSR count). The second-order valence-electron chi connectivity index (χ2n) is 5.88. The minimum Gasteiger partial charge on any atom is -0.494 e. The number of furan rings is 1. The fourth-order valence-electron chi connectivity index (χ4n) is 2.38. The molecule has 2 N–H and O–H groups in total. The molecule has 0 aliphatic rings. The highest BCUT2D eigenvalue weighted by molar-refractivity contribution is 7.89. The molecule has 0 saturated heterocycles. The van der Waals surface area contributed by atoms with Crippen molar-refractivity contribution in [2.24, 2.45) is 0 Å². The molecule has 0 unspecified atom stereocenters. The average Bonchev–Trinajstić information content (AvgIpc) is 3.11. The van der Waals surface area contributed by atoms with Crippen LogP contribution in [0.25, 0.3) is 11.0 Å². The molecule has 1 aromatic heterocycles. The molecule has 0 saturated carbocycles. The van der Waals surface area contributed by atoms with E-state index in [2.05, 4.69) is 17.2 Å². The molecular weight excluding hydrogens is 368 g/mol. The maximum Gasteiger partial charge on any atom is 0.301 e. The summed E-state index contributed by atoms with van der Waals surface area (Å²) in [6.07, 6.45) is 1.94. The van der Waals surface area contributed by atoms with Gasteiger partial charge < -0.3 is 9.15 Å². The molecule has 7 nitrogen and oxygen atoms in total. The van der Waals surface area contributed by atoms with E-state index in [0.29, 0.717) is 17.9 Å². The first-order chi connectivity index (χ1) is 13.0. The molecule has 0 atom stereocenters. The van der Waals surface area contributed by atoms with Crippen LogP contribution in [0.5, 0.6) is 5.75 Å². The smallest absolute Gasteiger partial charge is 0.301 e. The topological polar surface area (TPSA) is 97.6 Å². The van der Waals surface area contributed by atoms with Gasteiger partial charge in [0.2, 0.25) is 0 Å². The second-order valence-corrected chi connectivity index (χ2v) is 7.56. The Morgan fingerprint density at radius 3 is 2.56 bits per heavy atom. The lowest BCUT2D eigenvalue weighted by atomic mass is 10.2. The number of hydrogen-bond acceptors (Lipinski definition) is 5. The van der Waals surface area contributed by atoms with E-state index in [1.54, 1.807) is 36.4 Å². The van der Waals surface area contributed by atoms with Crippen molar-refractivity contribution >= 4 is 26.9 Å². The predicted molar refractivity (Wildman–Crippen MR) is 101 cm³/mol. The van der Waals surface area contributed by atoms with Crippen LogP contribution in [0.2, 0.25) is 0 Å². The standard InChI is InChI=1S/C19H20N2O5S/c1-2-3-12-25-15-8-10-16(11-9-15)27(23,24)21-20-19(22)18-13-14-6-4-5-7-17(14)26-18/h4-11,13,21H,2-3,12H2,1H3,(H,20,22).